The molecule has 7 heteroatoms. The van der Waals surface area contributed by atoms with Crippen molar-refractivity contribution in [2.24, 2.45) is 0 Å². The topological polar surface area (TPSA) is 67.8 Å². The minimum Gasteiger partial charge on any atom is -0.292 e. The Morgan fingerprint density at radius 3 is 2.89 bits per heavy atom. The average Bonchev–Trinajstić information content (AvgIpc) is 3.02. The van der Waals surface area contributed by atoms with Gasteiger partial charge in [-0.05, 0) is 25.5 Å². The number of aryl methyl sites for hydroxylation is 1. The first-order valence-electron chi connectivity index (χ1n) is 6.05. The highest BCUT2D eigenvalue weighted by Gasteiger charge is 2.13. The monoisotopic (exact) mass is 297 g/mol. The lowest BCUT2D eigenvalue weighted by Gasteiger charge is -2.00. The van der Waals surface area contributed by atoms with Crippen molar-refractivity contribution in [1.29, 1.82) is 0 Å². The Morgan fingerprint density at radius 2 is 2.26 bits per heavy atom. The molecule has 0 unspecified atom stereocenters. The number of thioether (sulfide) groups is 1. The summed E-state index contributed by atoms with van der Waals surface area (Å²) in [5.74, 6) is 0.376. The maximum atomic E-state index is 12.0. The highest BCUT2D eigenvalue weighted by Crippen LogP contribution is 2.21. The van der Waals surface area contributed by atoms with Gasteiger partial charge >= 0.3 is 5.69 Å². The second kappa shape index (κ2) is 6.21. The molecule has 2 rings (SSSR count). The van der Waals surface area contributed by atoms with Crippen molar-refractivity contribution in [3.63, 3.8) is 0 Å². The number of rotatable bonds is 6. The first kappa shape index (κ1) is 14.1. The van der Waals surface area contributed by atoms with Crippen LogP contribution in [0.2, 0.25) is 0 Å². The first-order chi connectivity index (χ1) is 9.15. The summed E-state index contributed by atoms with van der Waals surface area (Å²) in [5, 5.41) is 6.87. The van der Waals surface area contributed by atoms with Gasteiger partial charge in [0.15, 0.2) is 10.9 Å². The summed E-state index contributed by atoms with van der Waals surface area (Å²) in [6.45, 7) is 4.49. The number of aromatic nitrogens is 3. The van der Waals surface area contributed by atoms with Gasteiger partial charge in [-0.1, -0.05) is 18.7 Å². The van der Waals surface area contributed by atoms with E-state index in [4.69, 9.17) is 0 Å². The van der Waals surface area contributed by atoms with E-state index in [1.54, 1.807) is 0 Å². The van der Waals surface area contributed by atoms with Crippen molar-refractivity contribution in [2.75, 3.05) is 5.75 Å². The van der Waals surface area contributed by atoms with Gasteiger partial charge in [0, 0.05) is 11.4 Å². The van der Waals surface area contributed by atoms with Gasteiger partial charge in [0.25, 0.3) is 0 Å². The molecule has 0 atom stereocenters. The van der Waals surface area contributed by atoms with Crippen LogP contribution in [-0.4, -0.2) is 26.3 Å². The minimum atomic E-state index is -0.234. The molecule has 1 N–H and O–H groups in total. The van der Waals surface area contributed by atoms with E-state index in [1.807, 2.05) is 19.1 Å². The Morgan fingerprint density at radius 1 is 1.47 bits per heavy atom. The predicted molar refractivity (Wildman–Crippen MR) is 77.3 cm³/mol. The number of hydrogen-bond acceptors (Lipinski definition) is 5. The lowest BCUT2D eigenvalue weighted by atomic mass is 10.3. The molecule has 0 aliphatic heterocycles. The lowest BCUT2D eigenvalue weighted by molar-refractivity contribution is 0.102. The molecular weight excluding hydrogens is 282 g/mol. The van der Waals surface area contributed by atoms with Crippen LogP contribution in [0.4, 0.5) is 0 Å². The normalized spacial score (nSPS) is 10.8. The summed E-state index contributed by atoms with van der Waals surface area (Å²) in [5.41, 5.74) is -0.234. The van der Waals surface area contributed by atoms with Crippen LogP contribution in [0.3, 0.4) is 0 Å². The Bertz CT molecular complexity index is 627. The third-order valence-electron chi connectivity index (χ3n) is 2.66. The highest BCUT2D eigenvalue weighted by molar-refractivity contribution is 7.99. The Labute approximate surface area is 119 Å². The van der Waals surface area contributed by atoms with Crippen LogP contribution in [0.5, 0.6) is 0 Å². The summed E-state index contributed by atoms with van der Waals surface area (Å²) in [6, 6.07) is 3.85. The molecule has 0 aromatic carbocycles. The molecule has 0 amide bonds. The third kappa shape index (κ3) is 3.16. The highest BCUT2D eigenvalue weighted by atomic mass is 32.2. The van der Waals surface area contributed by atoms with Gasteiger partial charge < -0.3 is 0 Å². The molecular formula is C12H15N3O2S2. The van der Waals surface area contributed by atoms with Crippen LogP contribution in [-0.2, 0) is 13.0 Å². The molecule has 0 fully saturated rings. The number of carbonyl (C=O) groups is 1. The van der Waals surface area contributed by atoms with Crippen LogP contribution in [0, 0.1) is 0 Å². The van der Waals surface area contributed by atoms with Gasteiger partial charge in [0.1, 0.15) is 0 Å². The Kier molecular flexibility index (Phi) is 4.60. The molecule has 0 bridgehead atoms. The average molecular weight is 297 g/mol. The molecule has 0 aliphatic rings. The summed E-state index contributed by atoms with van der Waals surface area (Å²) < 4.78 is 1.52. The molecule has 0 radical (unpaired) electrons. The van der Waals surface area contributed by atoms with E-state index in [0.29, 0.717) is 17.5 Å². The zero-order chi connectivity index (χ0) is 13.8. The van der Waals surface area contributed by atoms with Gasteiger partial charge in [0.05, 0.1) is 10.6 Å². The summed E-state index contributed by atoms with van der Waals surface area (Å²) in [4.78, 5) is 25.4. The van der Waals surface area contributed by atoms with Crippen LogP contribution < -0.4 is 5.69 Å². The smallest absolute Gasteiger partial charge is 0.292 e. The minimum absolute atomic E-state index is 0.0767. The fraction of sp³-hybridized carbons (Fsp3) is 0.417. The molecule has 0 spiro atoms. The van der Waals surface area contributed by atoms with E-state index < -0.39 is 0 Å². The van der Waals surface area contributed by atoms with Crippen molar-refractivity contribution in [1.82, 2.24) is 14.8 Å². The number of H-pyrrole nitrogens is 1. The fourth-order valence-electron chi connectivity index (χ4n) is 1.61. The zero-order valence-electron chi connectivity index (χ0n) is 10.8. The second-order valence-electron chi connectivity index (χ2n) is 3.89. The van der Waals surface area contributed by atoms with Crippen LogP contribution in [0.15, 0.2) is 22.1 Å². The number of ketones is 1. The van der Waals surface area contributed by atoms with E-state index in [-0.39, 0.29) is 11.5 Å². The lowest BCUT2D eigenvalue weighted by Crippen LogP contribution is -2.16. The maximum Gasteiger partial charge on any atom is 0.343 e. The van der Waals surface area contributed by atoms with Crippen molar-refractivity contribution in [3.8, 4) is 0 Å². The van der Waals surface area contributed by atoms with Crippen LogP contribution in [0.1, 0.15) is 28.4 Å². The van der Waals surface area contributed by atoms with Crippen molar-refractivity contribution >= 4 is 28.9 Å². The number of aromatic amines is 1. The molecule has 102 valence electrons. The molecule has 5 nitrogen and oxygen atoms in total. The SMILES string of the molecule is CCc1ccc(C(=O)CSc2n[nH]c(=O)n2CC)s1. The molecule has 0 saturated heterocycles. The Balaban J connectivity index is 2.02. The second-order valence-corrected chi connectivity index (χ2v) is 6.00. The number of nitrogens with one attached hydrogen (secondary N) is 1. The first-order valence-corrected chi connectivity index (χ1v) is 7.85. The molecule has 0 saturated carbocycles. The van der Waals surface area contributed by atoms with E-state index in [0.717, 1.165) is 11.3 Å². The summed E-state index contributed by atoms with van der Waals surface area (Å²) >= 11 is 2.82. The van der Waals surface area contributed by atoms with Crippen molar-refractivity contribution in [3.05, 3.63) is 32.4 Å². The summed E-state index contributed by atoms with van der Waals surface area (Å²) in [7, 11) is 0. The largest absolute Gasteiger partial charge is 0.343 e. The van der Waals surface area contributed by atoms with E-state index >= 15 is 0 Å². The van der Waals surface area contributed by atoms with Crippen molar-refractivity contribution < 1.29 is 4.79 Å². The van der Waals surface area contributed by atoms with Crippen LogP contribution >= 0.6 is 23.1 Å². The van der Waals surface area contributed by atoms with E-state index in [1.165, 1.54) is 32.5 Å². The standard InChI is InChI=1S/C12H15N3O2S2/c1-3-8-5-6-10(19-8)9(16)7-18-12-14-13-11(17)15(12)4-2/h5-6H,3-4,7H2,1-2H3,(H,13,17). The molecule has 2 heterocycles. The van der Waals surface area contributed by atoms with Gasteiger partial charge in [-0.3, -0.25) is 9.36 Å². The molecule has 2 aromatic rings. The van der Waals surface area contributed by atoms with Crippen LogP contribution in [0.25, 0.3) is 0 Å². The van der Waals surface area contributed by atoms with Gasteiger partial charge in [-0.15, -0.1) is 16.4 Å². The predicted octanol–water partition coefficient (Wildman–Crippen LogP) is 2.19. The van der Waals surface area contributed by atoms with E-state index in [9.17, 15) is 9.59 Å². The number of Topliss-reactive ketones (excluding diaryl/α,β-unsaturated/α-hetero) is 1. The van der Waals surface area contributed by atoms with Gasteiger partial charge in [-0.25, -0.2) is 9.89 Å². The number of carbonyl (C=O) groups excluding carboxylic acids is 1. The third-order valence-corrected chi connectivity index (χ3v) is 4.90. The number of nitrogens with zero attached hydrogens (tertiary/aromatic N) is 2. The van der Waals surface area contributed by atoms with Gasteiger partial charge in [-0.2, -0.15) is 0 Å². The van der Waals surface area contributed by atoms with Gasteiger partial charge in [0.2, 0.25) is 0 Å². The van der Waals surface area contributed by atoms with Crippen molar-refractivity contribution in [2.45, 2.75) is 32.0 Å². The summed E-state index contributed by atoms with van der Waals surface area (Å²) in [6.07, 6.45) is 0.944. The maximum absolute atomic E-state index is 12.0. The molecule has 2 aromatic heterocycles. The zero-order valence-corrected chi connectivity index (χ0v) is 12.4. The molecule has 19 heavy (non-hydrogen) atoms. The Hall–Kier alpha value is -1.34. The number of thiophene rings is 1. The molecule has 0 aliphatic carbocycles. The number of hydrogen-bond donors (Lipinski definition) is 1. The fourth-order valence-corrected chi connectivity index (χ4v) is 3.48. The quantitative estimate of drug-likeness (QED) is 0.655. The van der Waals surface area contributed by atoms with E-state index in [2.05, 4.69) is 17.1 Å².